The zero-order chi connectivity index (χ0) is 19.1. The molecular formula is C20H26N2O4. The predicted octanol–water partition coefficient (Wildman–Crippen LogP) is 3.11. The third-order valence-corrected chi connectivity index (χ3v) is 3.89. The molecule has 140 valence electrons. The summed E-state index contributed by atoms with van der Waals surface area (Å²) in [6.45, 7) is 8.82. The van der Waals surface area contributed by atoms with Gasteiger partial charge in [-0.1, -0.05) is 6.92 Å². The number of carbonyl (C=O) groups is 1. The van der Waals surface area contributed by atoms with Crippen LogP contribution in [0.3, 0.4) is 0 Å². The fourth-order valence-electron chi connectivity index (χ4n) is 2.62. The normalized spacial score (nSPS) is 10.5. The van der Waals surface area contributed by atoms with Gasteiger partial charge < -0.3 is 19.8 Å². The Morgan fingerprint density at radius 2 is 1.88 bits per heavy atom. The quantitative estimate of drug-likeness (QED) is 0.760. The lowest BCUT2D eigenvalue weighted by atomic mass is 10.1. The van der Waals surface area contributed by atoms with Crippen molar-refractivity contribution < 1.29 is 14.3 Å². The molecule has 1 heterocycles. The molecule has 2 rings (SSSR count). The van der Waals surface area contributed by atoms with Gasteiger partial charge in [0.05, 0.1) is 13.2 Å². The molecule has 6 nitrogen and oxygen atoms in total. The maximum absolute atomic E-state index is 12.5. The van der Waals surface area contributed by atoms with Crippen LogP contribution in [0, 0.1) is 13.8 Å². The van der Waals surface area contributed by atoms with Crippen molar-refractivity contribution >= 4 is 5.91 Å². The molecule has 0 bridgehead atoms. The van der Waals surface area contributed by atoms with Crippen LogP contribution in [0.4, 0.5) is 0 Å². The van der Waals surface area contributed by atoms with Crippen molar-refractivity contribution in [1.29, 1.82) is 0 Å². The van der Waals surface area contributed by atoms with Gasteiger partial charge in [0.25, 0.3) is 11.5 Å². The standard InChI is InChI=1S/C20H26N2O4/c1-5-9-26-17-8-7-15(11-18(17)25-6-2)19(23)21-12-16-13(3)10-14(4)22-20(16)24/h7-8,10-11H,5-6,9,12H2,1-4H3,(H,21,23)(H,22,24). The number of ether oxygens (including phenoxy) is 2. The zero-order valence-corrected chi connectivity index (χ0v) is 15.8. The molecule has 0 aliphatic heterocycles. The topological polar surface area (TPSA) is 80.4 Å². The minimum Gasteiger partial charge on any atom is -0.490 e. The zero-order valence-electron chi connectivity index (χ0n) is 15.8. The summed E-state index contributed by atoms with van der Waals surface area (Å²) in [6.07, 6.45) is 0.887. The first-order chi connectivity index (χ1) is 12.5. The Labute approximate surface area is 153 Å². The second kappa shape index (κ2) is 9.08. The summed E-state index contributed by atoms with van der Waals surface area (Å²) in [6, 6.07) is 6.97. The number of aromatic nitrogens is 1. The monoisotopic (exact) mass is 358 g/mol. The number of hydrogen-bond donors (Lipinski definition) is 2. The molecule has 1 aromatic heterocycles. The summed E-state index contributed by atoms with van der Waals surface area (Å²) in [5.41, 5.74) is 2.48. The number of hydrogen-bond acceptors (Lipinski definition) is 4. The molecule has 0 aliphatic carbocycles. The van der Waals surface area contributed by atoms with Crippen LogP contribution in [0.25, 0.3) is 0 Å². The van der Waals surface area contributed by atoms with Crippen LogP contribution >= 0.6 is 0 Å². The molecule has 2 aromatic rings. The SMILES string of the molecule is CCCOc1ccc(C(=O)NCc2c(C)cc(C)[nH]c2=O)cc1OCC. The van der Waals surface area contributed by atoms with Gasteiger partial charge in [0, 0.05) is 23.4 Å². The van der Waals surface area contributed by atoms with Crippen molar-refractivity contribution in [2.75, 3.05) is 13.2 Å². The largest absolute Gasteiger partial charge is 0.490 e. The molecule has 1 amide bonds. The summed E-state index contributed by atoms with van der Waals surface area (Å²) in [5.74, 6) is 0.890. The number of H-pyrrole nitrogens is 1. The van der Waals surface area contributed by atoms with Gasteiger partial charge in [-0.3, -0.25) is 9.59 Å². The second-order valence-corrected chi connectivity index (χ2v) is 6.07. The summed E-state index contributed by atoms with van der Waals surface area (Å²) >= 11 is 0. The van der Waals surface area contributed by atoms with Gasteiger partial charge in [0.15, 0.2) is 11.5 Å². The van der Waals surface area contributed by atoms with Gasteiger partial charge in [0.2, 0.25) is 0 Å². The second-order valence-electron chi connectivity index (χ2n) is 6.07. The number of benzene rings is 1. The lowest BCUT2D eigenvalue weighted by Gasteiger charge is -2.13. The number of carbonyl (C=O) groups excluding carboxylic acids is 1. The molecule has 1 aromatic carbocycles. The van der Waals surface area contributed by atoms with Gasteiger partial charge in [-0.05, 0) is 57.0 Å². The van der Waals surface area contributed by atoms with E-state index >= 15 is 0 Å². The first-order valence-corrected chi connectivity index (χ1v) is 8.83. The van der Waals surface area contributed by atoms with E-state index in [2.05, 4.69) is 10.3 Å². The highest BCUT2D eigenvalue weighted by Gasteiger charge is 2.13. The lowest BCUT2D eigenvalue weighted by molar-refractivity contribution is 0.0950. The van der Waals surface area contributed by atoms with Crippen LogP contribution in [0.5, 0.6) is 11.5 Å². The van der Waals surface area contributed by atoms with Gasteiger partial charge >= 0.3 is 0 Å². The maximum atomic E-state index is 12.5. The summed E-state index contributed by atoms with van der Waals surface area (Å²) in [5, 5.41) is 2.79. The summed E-state index contributed by atoms with van der Waals surface area (Å²) in [7, 11) is 0. The number of nitrogens with one attached hydrogen (secondary N) is 2. The fourth-order valence-corrected chi connectivity index (χ4v) is 2.62. The van der Waals surface area contributed by atoms with Crippen molar-refractivity contribution in [2.24, 2.45) is 0 Å². The van der Waals surface area contributed by atoms with E-state index in [1.54, 1.807) is 18.2 Å². The number of aryl methyl sites for hydroxylation is 2. The smallest absolute Gasteiger partial charge is 0.253 e. The third-order valence-electron chi connectivity index (χ3n) is 3.89. The summed E-state index contributed by atoms with van der Waals surface area (Å²) in [4.78, 5) is 27.3. The van der Waals surface area contributed by atoms with E-state index < -0.39 is 0 Å². The van der Waals surface area contributed by atoms with Crippen molar-refractivity contribution in [2.45, 2.75) is 40.7 Å². The highest BCUT2D eigenvalue weighted by Crippen LogP contribution is 2.28. The number of amides is 1. The molecule has 0 spiro atoms. The van der Waals surface area contributed by atoms with Crippen LogP contribution in [0.15, 0.2) is 29.1 Å². The van der Waals surface area contributed by atoms with E-state index in [4.69, 9.17) is 9.47 Å². The van der Waals surface area contributed by atoms with Crippen LogP contribution in [-0.2, 0) is 6.54 Å². The van der Waals surface area contributed by atoms with Gasteiger partial charge in [0.1, 0.15) is 0 Å². The Bertz CT molecular complexity index is 827. The van der Waals surface area contributed by atoms with Gasteiger partial charge in [-0.25, -0.2) is 0 Å². The highest BCUT2D eigenvalue weighted by molar-refractivity contribution is 5.94. The molecule has 0 unspecified atom stereocenters. The Morgan fingerprint density at radius 3 is 2.54 bits per heavy atom. The molecule has 6 heteroatoms. The molecular weight excluding hydrogens is 332 g/mol. The minimum absolute atomic E-state index is 0.165. The van der Waals surface area contributed by atoms with Gasteiger partial charge in [-0.2, -0.15) is 0 Å². The predicted molar refractivity (Wildman–Crippen MR) is 101 cm³/mol. The third kappa shape index (κ3) is 4.88. The Balaban J connectivity index is 2.14. The number of pyridine rings is 1. The summed E-state index contributed by atoms with van der Waals surface area (Å²) < 4.78 is 11.2. The van der Waals surface area contributed by atoms with Crippen molar-refractivity contribution in [3.05, 3.63) is 57.0 Å². The van der Waals surface area contributed by atoms with Crippen LogP contribution in [0.1, 0.15) is 47.4 Å². The first-order valence-electron chi connectivity index (χ1n) is 8.83. The molecule has 0 fully saturated rings. The molecule has 2 N–H and O–H groups in total. The fraction of sp³-hybridized carbons (Fsp3) is 0.400. The average Bonchev–Trinajstić information content (AvgIpc) is 2.59. The van der Waals surface area contributed by atoms with E-state index in [-0.39, 0.29) is 18.0 Å². The van der Waals surface area contributed by atoms with Gasteiger partial charge in [-0.15, -0.1) is 0 Å². The molecule has 0 radical (unpaired) electrons. The lowest BCUT2D eigenvalue weighted by Crippen LogP contribution is -2.28. The van der Waals surface area contributed by atoms with E-state index in [0.29, 0.717) is 35.8 Å². The van der Waals surface area contributed by atoms with E-state index in [1.165, 1.54) is 0 Å². The van der Waals surface area contributed by atoms with Crippen molar-refractivity contribution in [3.63, 3.8) is 0 Å². The molecule has 0 saturated heterocycles. The van der Waals surface area contributed by atoms with E-state index in [0.717, 1.165) is 17.7 Å². The van der Waals surface area contributed by atoms with Crippen LogP contribution < -0.4 is 20.3 Å². The number of aromatic amines is 1. The Kier molecular flexibility index (Phi) is 6.83. The minimum atomic E-state index is -0.271. The Hall–Kier alpha value is -2.76. The highest BCUT2D eigenvalue weighted by atomic mass is 16.5. The van der Waals surface area contributed by atoms with Crippen LogP contribution in [-0.4, -0.2) is 24.1 Å². The maximum Gasteiger partial charge on any atom is 0.253 e. The van der Waals surface area contributed by atoms with E-state index in [9.17, 15) is 9.59 Å². The van der Waals surface area contributed by atoms with Crippen molar-refractivity contribution in [1.82, 2.24) is 10.3 Å². The van der Waals surface area contributed by atoms with E-state index in [1.807, 2.05) is 33.8 Å². The van der Waals surface area contributed by atoms with Crippen LogP contribution in [0.2, 0.25) is 0 Å². The van der Waals surface area contributed by atoms with Crippen molar-refractivity contribution in [3.8, 4) is 11.5 Å². The molecule has 0 atom stereocenters. The number of rotatable bonds is 8. The molecule has 26 heavy (non-hydrogen) atoms. The molecule has 0 aliphatic rings. The average molecular weight is 358 g/mol. The Morgan fingerprint density at radius 1 is 1.12 bits per heavy atom. The first kappa shape index (κ1) is 19.6. The molecule has 0 saturated carbocycles.